The predicted molar refractivity (Wildman–Crippen MR) is 83.7 cm³/mol. The summed E-state index contributed by atoms with van der Waals surface area (Å²) in [5, 5.41) is 6.04. The number of pyridine rings is 1. The zero-order valence-corrected chi connectivity index (χ0v) is 12.8. The van der Waals surface area contributed by atoms with Gasteiger partial charge in [0.15, 0.2) is 0 Å². The number of amides is 1. The first kappa shape index (κ1) is 14.5. The number of hydrogen-bond donors (Lipinski definition) is 2. The van der Waals surface area contributed by atoms with E-state index in [-0.39, 0.29) is 5.91 Å². The molecule has 1 heterocycles. The molecule has 0 atom stereocenters. The van der Waals surface area contributed by atoms with Gasteiger partial charge in [0.1, 0.15) is 4.60 Å². The third-order valence-electron chi connectivity index (χ3n) is 2.73. The van der Waals surface area contributed by atoms with Crippen LogP contribution in [0.1, 0.15) is 23.0 Å². The molecule has 2 aromatic rings. The SMILES string of the molecule is CCNC(=O)c1ccc(NCc2cccc(Br)n2)cc1. The number of hydrogen-bond acceptors (Lipinski definition) is 3. The van der Waals surface area contributed by atoms with E-state index < -0.39 is 0 Å². The number of carbonyl (C=O) groups excluding carboxylic acids is 1. The van der Waals surface area contributed by atoms with Gasteiger partial charge in [-0.25, -0.2) is 4.98 Å². The molecular weight excluding hydrogens is 318 g/mol. The monoisotopic (exact) mass is 333 g/mol. The highest BCUT2D eigenvalue weighted by molar-refractivity contribution is 9.10. The molecule has 0 aliphatic carbocycles. The fourth-order valence-corrected chi connectivity index (χ4v) is 2.12. The lowest BCUT2D eigenvalue weighted by molar-refractivity contribution is 0.0956. The van der Waals surface area contributed by atoms with Gasteiger partial charge in [0.2, 0.25) is 0 Å². The summed E-state index contributed by atoms with van der Waals surface area (Å²) in [6.07, 6.45) is 0. The molecule has 4 nitrogen and oxygen atoms in total. The van der Waals surface area contributed by atoms with Gasteiger partial charge < -0.3 is 10.6 Å². The van der Waals surface area contributed by atoms with Crippen molar-refractivity contribution in [3.8, 4) is 0 Å². The Morgan fingerprint density at radius 3 is 2.60 bits per heavy atom. The van der Waals surface area contributed by atoms with Gasteiger partial charge in [-0.05, 0) is 59.3 Å². The maximum atomic E-state index is 11.6. The van der Waals surface area contributed by atoms with Crippen LogP contribution in [-0.4, -0.2) is 17.4 Å². The molecule has 0 fully saturated rings. The van der Waals surface area contributed by atoms with Crippen LogP contribution < -0.4 is 10.6 Å². The van der Waals surface area contributed by atoms with Gasteiger partial charge in [-0.2, -0.15) is 0 Å². The molecule has 1 aromatic heterocycles. The van der Waals surface area contributed by atoms with E-state index in [4.69, 9.17) is 0 Å². The molecule has 0 aliphatic rings. The van der Waals surface area contributed by atoms with Crippen LogP contribution in [0.5, 0.6) is 0 Å². The second kappa shape index (κ2) is 7.05. The highest BCUT2D eigenvalue weighted by Gasteiger charge is 2.03. The van der Waals surface area contributed by atoms with Crippen LogP contribution in [0.4, 0.5) is 5.69 Å². The molecule has 2 rings (SSSR count). The molecule has 0 saturated heterocycles. The first-order chi connectivity index (χ1) is 9.69. The third kappa shape index (κ3) is 4.06. The molecule has 0 saturated carbocycles. The average molecular weight is 334 g/mol. The molecule has 1 aromatic carbocycles. The van der Waals surface area contributed by atoms with Crippen molar-refractivity contribution >= 4 is 27.5 Å². The molecule has 1 amide bonds. The number of anilines is 1. The van der Waals surface area contributed by atoms with E-state index in [2.05, 4.69) is 31.5 Å². The van der Waals surface area contributed by atoms with E-state index in [0.717, 1.165) is 16.0 Å². The minimum atomic E-state index is -0.0484. The normalized spacial score (nSPS) is 10.1. The second-order valence-corrected chi connectivity index (χ2v) is 5.05. The van der Waals surface area contributed by atoms with Crippen molar-refractivity contribution < 1.29 is 4.79 Å². The quantitative estimate of drug-likeness (QED) is 0.826. The molecule has 0 unspecified atom stereocenters. The van der Waals surface area contributed by atoms with Gasteiger partial charge in [-0.1, -0.05) is 6.07 Å². The first-order valence-electron chi connectivity index (χ1n) is 6.42. The Bertz CT molecular complexity index is 584. The van der Waals surface area contributed by atoms with Gasteiger partial charge in [-0.3, -0.25) is 4.79 Å². The smallest absolute Gasteiger partial charge is 0.251 e. The fraction of sp³-hybridized carbons (Fsp3) is 0.200. The van der Waals surface area contributed by atoms with Crippen LogP contribution in [-0.2, 0) is 6.54 Å². The Balaban J connectivity index is 1.95. The number of halogens is 1. The lowest BCUT2D eigenvalue weighted by Gasteiger charge is -2.07. The standard InChI is InChI=1S/C15H16BrN3O/c1-2-17-15(20)11-6-8-12(9-7-11)18-10-13-4-3-5-14(16)19-13/h3-9,18H,2,10H2,1H3,(H,17,20). The molecule has 104 valence electrons. The Hall–Kier alpha value is -1.88. The van der Waals surface area contributed by atoms with E-state index >= 15 is 0 Å². The topological polar surface area (TPSA) is 54.0 Å². The summed E-state index contributed by atoms with van der Waals surface area (Å²) in [5.41, 5.74) is 2.57. The summed E-state index contributed by atoms with van der Waals surface area (Å²) in [7, 11) is 0. The van der Waals surface area contributed by atoms with Gasteiger partial charge in [0.05, 0.1) is 12.2 Å². The number of aromatic nitrogens is 1. The summed E-state index contributed by atoms with van der Waals surface area (Å²) < 4.78 is 0.823. The fourth-order valence-electron chi connectivity index (χ4n) is 1.74. The molecular formula is C15H16BrN3O. The van der Waals surface area contributed by atoms with E-state index in [0.29, 0.717) is 18.7 Å². The maximum Gasteiger partial charge on any atom is 0.251 e. The summed E-state index contributed by atoms with van der Waals surface area (Å²) in [6, 6.07) is 13.2. The maximum absolute atomic E-state index is 11.6. The lowest BCUT2D eigenvalue weighted by atomic mass is 10.2. The zero-order chi connectivity index (χ0) is 14.4. The minimum Gasteiger partial charge on any atom is -0.379 e. The predicted octanol–water partition coefficient (Wildman–Crippen LogP) is 3.21. The van der Waals surface area contributed by atoms with Crippen molar-refractivity contribution in [1.82, 2.24) is 10.3 Å². The largest absolute Gasteiger partial charge is 0.379 e. The van der Waals surface area contributed by atoms with E-state index in [1.165, 1.54) is 0 Å². The van der Waals surface area contributed by atoms with Crippen molar-refractivity contribution in [3.05, 3.63) is 58.3 Å². The Morgan fingerprint density at radius 2 is 1.95 bits per heavy atom. The molecule has 2 N–H and O–H groups in total. The molecule has 5 heteroatoms. The molecule has 20 heavy (non-hydrogen) atoms. The third-order valence-corrected chi connectivity index (χ3v) is 3.17. The van der Waals surface area contributed by atoms with Gasteiger partial charge in [-0.15, -0.1) is 0 Å². The van der Waals surface area contributed by atoms with Crippen molar-refractivity contribution in [2.45, 2.75) is 13.5 Å². The number of nitrogens with zero attached hydrogens (tertiary/aromatic N) is 1. The Labute approximate surface area is 126 Å². The minimum absolute atomic E-state index is 0.0484. The molecule has 0 bridgehead atoms. The molecule has 0 aliphatic heterocycles. The number of rotatable bonds is 5. The van der Waals surface area contributed by atoms with Crippen LogP contribution in [0.25, 0.3) is 0 Å². The van der Waals surface area contributed by atoms with Crippen LogP contribution in [0.2, 0.25) is 0 Å². The van der Waals surface area contributed by atoms with E-state index in [1.54, 1.807) is 0 Å². The zero-order valence-electron chi connectivity index (χ0n) is 11.2. The molecule has 0 radical (unpaired) electrons. The second-order valence-electron chi connectivity index (χ2n) is 4.24. The van der Waals surface area contributed by atoms with Crippen molar-refractivity contribution in [2.24, 2.45) is 0 Å². The van der Waals surface area contributed by atoms with Crippen molar-refractivity contribution in [3.63, 3.8) is 0 Å². The summed E-state index contributed by atoms with van der Waals surface area (Å²) in [5.74, 6) is -0.0484. The first-order valence-corrected chi connectivity index (χ1v) is 7.22. The van der Waals surface area contributed by atoms with E-state index in [9.17, 15) is 4.79 Å². The van der Waals surface area contributed by atoms with Gasteiger partial charge >= 0.3 is 0 Å². The number of nitrogens with one attached hydrogen (secondary N) is 2. The Morgan fingerprint density at radius 1 is 1.20 bits per heavy atom. The molecule has 0 spiro atoms. The Kier molecular flexibility index (Phi) is 5.12. The van der Waals surface area contributed by atoms with Crippen LogP contribution in [0.15, 0.2) is 47.1 Å². The van der Waals surface area contributed by atoms with E-state index in [1.807, 2.05) is 49.4 Å². The van der Waals surface area contributed by atoms with Gasteiger partial charge in [0, 0.05) is 17.8 Å². The summed E-state index contributed by atoms with van der Waals surface area (Å²) in [4.78, 5) is 16.0. The average Bonchev–Trinajstić information content (AvgIpc) is 2.46. The highest BCUT2D eigenvalue weighted by Crippen LogP contribution is 2.12. The van der Waals surface area contributed by atoms with Gasteiger partial charge in [0.25, 0.3) is 5.91 Å². The highest BCUT2D eigenvalue weighted by atomic mass is 79.9. The summed E-state index contributed by atoms with van der Waals surface area (Å²) in [6.45, 7) is 3.17. The number of carbonyl (C=O) groups is 1. The van der Waals surface area contributed by atoms with Crippen LogP contribution >= 0.6 is 15.9 Å². The summed E-state index contributed by atoms with van der Waals surface area (Å²) >= 11 is 3.35. The lowest BCUT2D eigenvalue weighted by Crippen LogP contribution is -2.22. The van der Waals surface area contributed by atoms with Crippen LogP contribution in [0.3, 0.4) is 0 Å². The van der Waals surface area contributed by atoms with Crippen LogP contribution in [0, 0.1) is 0 Å². The van der Waals surface area contributed by atoms with Crippen molar-refractivity contribution in [2.75, 3.05) is 11.9 Å². The van der Waals surface area contributed by atoms with Crippen molar-refractivity contribution in [1.29, 1.82) is 0 Å². The number of benzene rings is 1.